The van der Waals surface area contributed by atoms with Crippen LogP contribution in [0.25, 0.3) is 6.08 Å². The summed E-state index contributed by atoms with van der Waals surface area (Å²) in [5.41, 5.74) is 3.60. The molecule has 2 saturated carbocycles. The Morgan fingerprint density at radius 2 is 1.74 bits per heavy atom. The van der Waals surface area contributed by atoms with Gasteiger partial charge in [0, 0.05) is 24.7 Å². The van der Waals surface area contributed by atoms with E-state index in [1.54, 1.807) is 12.1 Å². The summed E-state index contributed by atoms with van der Waals surface area (Å²) in [5, 5.41) is 3.92. The Morgan fingerprint density at radius 1 is 1.03 bits per heavy atom. The highest BCUT2D eigenvalue weighted by atomic mass is 16.6. The van der Waals surface area contributed by atoms with E-state index in [1.807, 2.05) is 37.8 Å². The lowest BCUT2D eigenvalue weighted by Gasteiger charge is -2.38. The van der Waals surface area contributed by atoms with Gasteiger partial charge >= 0.3 is 12.1 Å². The molecule has 0 radical (unpaired) electrons. The van der Waals surface area contributed by atoms with Crippen molar-refractivity contribution in [1.82, 2.24) is 10.2 Å². The zero-order chi connectivity index (χ0) is 28.0. The SMILES string of the molecule is CC/C(=C\c1ccccc1)[C@@H]1C[C@H]1NC1CCC(N(Cc2cccc(C(=O)OC)c2)C(=O)OC(C)(C)C)CC1. The molecule has 6 nitrogen and oxygen atoms in total. The maximum absolute atomic E-state index is 13.3. The second-order valence-electron chi connectivity index (χ2n) is 11.9. The molecule has 1 N–H and O–H groups in total. The highest BCUT2D eigenvalue weighted by molar-refractivity contribution is 5.89. The molecule has 0 unspecified atom stereocenters. The fraction of sp³-hybridized carbons (Fsp3) is 0.515. The number of nitrogens with zero attached hydrogens (tertiary/aromatic N) is 1. The first kappa shape index (κ1) is 28.9. The summed E-state index contributed by atoms with van der Waals surface area (Å²) < 4.78 is 10.7. The minimum absolute atomic E-state index is 0.0962. The summed E-state index contributed by atoms with van der Waals surface area (Å²) in [6.45, 7) is 8.33. The van der Waals surface area contributed by atoms with Crippen LogP contribution in [0.4, 0.5) is 4.79 Å². The fourth-order valence-electron chi connectivity index (χ4n) is 5.66. The van der Waals surface area contributed by atoms with Gasteiger partial charge in [0.1, 0.15) is 5.60 Å². The van der Waals surface area contributed by atoms with Gasteiger partial charge in [0.15, 0.2) is 0 Å². The highest BCUT2D eigenvalue weighted by Crippen LogP contribution is 2.41. The Hall–Kier alpha value is -3.12. The first-order valence-electron chi connectivity index (χ1n) is 14.3. The minimum atomic E-state index is -0.576. The summed E-state index contributed by atoms with van der Waals surface area (Å²) >= 11 is 0. The van der Waals surface area contributed by atoms with Crippen molar-refractivity contribution >= 4 is 18.1 Å². The summed E-state index contributed by atoms with van der Waals surface area (Å²) in [4.78, 5) is 27.2. The Bertz CT molecular complexity index is 1150. The average molecular weight is 533 g/mol. The molecule has 0 aliphatic heterocycles. The molecule has 0 bridgehead atoms. The number of rotatable bonds is 9. The van der Waals surface area contributed by atoms with Gasteiger partial charge in [0.25, 0.3) is 0 Å². The predicted octanol–water partition coefficient (Wildman–Crippen LogP) is 6.99. The summed E-state index contributed by atoms with van der Waals surface area (Å²) in [5.74, 6) is 0.240. The van der Waals surface area contributed by atoms with E-state index in [2.05, 4.69) is 48.6 Å². The van der Waals surface area contributed by atoms with Gasteiger partial charge in [-0.15, -0.1) is 0 Å². The van der Waals surface area contributed by atoms with Gasteiger partial charge in [-0.05, 0) is 88.5 Å². The standard InChI is InChI=1S/C33H44N2O4/c1-6-25(19-23-11-8-7-9-12-23)29-21-30(29)34-27-15-17-28(18-16-27)35(32(37)39-33(2,3)4)22-24-13-10-14-26(20-24)31(36)38-5/h7-14,19-20,27-30,34H,6,15-18,21-22H2,1-5H3/b25-19+/t27?,28?,29-,30+/m0/s1. The first-order chi connectivity index (χ1) is 18.7. The van der Waals surface area contributed by atoms with Crippen molar-refractivity contribution in [2.45, 2.75) is 96.5 Å². The molecule has 0 spiro atoms. The number of hydrogen-bond donors (Lipinski definition) is 1. The van der Waals surface area contributed by atoms with Crippen LogP contribution in [-0.4, -0.2) is 47.8 Å². The van der Waals surface area contributed by atoms with Gasteiger partial charge < -0.3 is 19.7 Å². The molecule has 2 aromatic rings. The van der Waals surface area contributed by atoms with Gasteiger partial charge in [0.05, 0.1) is 12.7 Å². The van der Waals surface area contributed by atoms with Crippen molar-refractivity contribution in [3.8, 4) is 0 Å². The van der Waals surface area contributed by atoms with Crippen LogP contribution >= 0.6 is 0 Å². The lowest BCUT2D eigenvalue weighted by molar-refractivity contribution is 0.00876. The predicted molar refractivity (Wildman–Crippen MR) is 155 cm³/mol. The van der Waals surface area contributed by atoms with Gasteiger partial charge in [-0.2, -0.15) is 0 Å². The molecule has 2 atom stereocenters. The zero-order valence-electron chi connectivity index (χ0n) is 24.1. The van der Waals surface area contributed by atoms with E-state index < -0.39 is 5.60 Å². The second kappa shape index (κ2) is 12.8. The average Bonchev–Trinajstić information content (AvgIpc) is 3.69. The lowest BCUT2D eigenvalue weighted by Crippen LogP contribution is -2.47. The lowest BCUT2D eigenvalue weighted by atomic mass is 9.89. The number of amides is 1. The van der Waals surface area contributed by atoms with Crippen LogP contribution < -0.4 is 5.32 Å². The highest BCUT2D eigenvalue weighted by Gasteiger charge is 2.41. The molecule has 1 amide bonds. The Labute approximate surface area is 233 Å². The number of hydrogen-bond acceptors (Lipinski definition) is 5. The molecule has 6 heteroatoms. The van der Waals surface area contributed by atoms with Gasteiger partial charge in [-0.25, -0.2) is 9.59 Å². The van der Waals surface area contributed by atoms with E-state index in [4.69, 9.17) is 9.47 Å². The van der Waals surface area contributed by atoms with Crippen LogP contribution in [0.5, 0.6) is 0 Å². The number of methoxy groups -OCH3 is 1. The molecular weight excluding hydrogens is 488 g/mol. The molecule has 210 valence electrons. The smallest absolute Gasteiger partial charge is 0.410 e. The normalized spacial score (nSPS) is 23.2. The summed E-state index contributed by atoms with van der Waals surface area (Å²) in [6, 6.07) is 19.0. The largest absolute Gasteiger partial charge is 0.465 e. The van der Waals surface area contributed by atoms with Gasteiger partial charge in [-0.1, -0.05) is 61.0 Å². The van der Waals surface area contributed by atoms with Crippen molar-refractivity contribution in [2.24, 2.45) is 5.92 Å². The Balaban J connectivity index is 1.37. The van der Waals surface area contributed by atoms with Crippen molar-refractivity contribution in [1.29, 1.82) is 0 Å². The molecule has 39 heavy (non-hydrogen) atoms. The second-order valence-corrected chi connectivity index (χ2v) is 11.9. The Kier molecular flexibility index (Phi) is 9.49. The third kappa shape index (κ3) is 8.18. The van der Waals surface area contributed by atoms with Gasteiger partial charge in [0.2, 0.25) is 0 Å². The van der Waals surface area contributed by atoms with Crippen LogP contribution in [0.2, 0.25) is 0 Å². The van der Waals surface area contributed by atoms with Crippen molar-refractivity contribution in [3.63, 3.8) is 0 Å². The molecular formula is C33H44N2O4. The monoisotopic (exact) mass is 532 g/mol. The summed E-state index contributed by atoms with van der Waals surface area (Å²) in [6.07, 6.45) is 8.23. The number of carbonyl (C=O) groups is 2. The molecule has 2 aliphatic rings. The Morgan fingerprint density at radius 3 is 2.38 bits per heavy atom. The fourth-order valence-corrected chi connectivity index (χ4v) is 5.66. The number of ether oxygens (including phenoxy) is 2. The van der Waals surface area contributed by atoms with Crippen LogP contribution in [0.15, 0.2) is 60.2 Å². The molecule has 0 saturated heterocycles. The number of nitrogens with one attached hydrogen (secondary N) is 1. The molecule has 2 aromatic carbocycles. The summed E-state index contributed by atoms with van der Waals surface area (Å²) in [7, 11) is 1.38. The number of esters is 1. The minimum Gasteiger partial charge on any atom is -0.465 e. The topological polar surface area (TPSA) is 67.9 Å². The third-order valence-electron chi connectivity index (χ3n) is 7.74. The molecule has 0 aromatic heterocycles. The van der Waals surface area contributed by atoms with Crippen molar-refractivity contribution < 1.29 is 19.1 Å². The van der Waals surface area contributed by atoms with E-state index in [-0.39, 0.29) is 18.1 Å². The van der Waals surface area contributed by atoms with E-state index in [1.165, 1.54) is 24.7 Å². The van der Waals surface area contributed by atoms with Crippen LogP contribution in [-0.2, 0) is 16.0 Å². The molecule has 2 aliphatic carbocycles. The van der Waals surface area contributed by atoms with Crippen molar-refractivity contribution in [3.05, 3.63) is 76.9 Å². The third-order valence-corrected chi connectivity index (χ3v) is 7.74. The van der Waals surface area contributed by atoms with Crippen LogP contribution in [0.3, 0.4) is 0 Å². The maximum atomic E-state index is 13.3. The molecule has 4 rings (SSSR count). The van der Waals surface area contributed by atoms with Crippen LogP contribution in [0, 0.1) is 5.92 Å². The van der Waals surface area contributed by atoms with E-state index in [0.29, 0.717) is 30.1 Å². The van der Waals surface area contributed by atoms with E-state index in [0.717, 1.165) is 37.7 Å². The van der Waals surface area contributed by atoms with E-state index >= 15 is 0 Å². The molecule has 2 fully saturated rings. The van der Waals surface area contributed by atoms with Crippen LogP contribution in [0.1, 0.15) is 87.7 Å². The zero-order valence-corrected chi connectivity index (χ0v) is 24.1. The number of carbonyl (C=O) groups excluding carboxylic acids is 2. The van der Waals surface area contributed by atoms with Gasteiger partial charge in [-0.3, -0.25) is 0 Å². The van der Waals surface area contributed by atoms with Crippen molar-refractivity contribution in [2.75, 3.05) is 7.11 Å². The first-order valence-corrected chi connectivity index (χ1v) is 14.3. The van der Waals surface area contributed by atoms with E-state index in [9.17, 15) is 9.59 Å². The molecule has 0 heterocycles. The quantitative estimate of drug-likeness (QED) is 0.353. The maximum Gasteiger partial charge on any atom is 0.410 e. The number of benzene rings is 2.